The van der Waals surface area contributed by atoms with Gasteiger partial charge < -0.3 is 15.2 Å². The van der Waals surface area contributed by atoms with Gasteiger partial charge in [-0.1, -0.05) is 97.0 Å². The molecule has 0 aliphatic heterocycles. The number of hydrogen-bond donors (Lipinski definition) is 0. The molecule has 2 rings (SSSR count). The molecule has 0 spiro atoms. The van der Waals surface area contributed by atoms with E-state index in [0.717, 1.165) is 17.1 Å². The van der Waals surface area contributed by atoms with E-state index >= 15 is 0 Å². The van der Waals surface area contributed by atoms with Crippen LogP contribution in [0.4, 0.5) is 5.69 Å². The number of amidine groups is 1. The fraction of sp³-hybridized carbons (Fsp3) is 0.581. The molecule has 0 heterocycles. The van der Waals surface area contributed by atoms with Gasteiger partial charge in [-0.3, -0.25) is 0 Å². The molecule has 0 radical (unpaired) electrons. The van der Waals surface area contributed by atoms with E-state index in [1.165, 1.54) is 11.1 Å². The Hall–Kier alpha value is -1.21. The molecule has 0 N–H and O–H groups in total. The molecular weight excluding hydrogens is 506 g/mol. The van der Waals surface area contributed by atoms with Gasteiger partial charge in [-0.05, 0) is 81.6 Å². The largest absolute Gasteiger partial charge is 2.00 e. The summed E-state index contributed by atoms with van der Waals surface area (Å²) in [6.07, 6.45) is 0. The predicted molar refractivity (Wildman–Crippen MR) is 158 cm³/mol. The van der Waals surface area contributed by atoms with Crippen molar-refractivity contribution < 1.29 is 21.6 Å². The summed E-state index contributed by atoms with van der Waals surface area (Å²) < 4.78 is 5.44. The summed E-state index contributed by atoms with van der Waals surface area (Å²) >= 11 is 0. The van der Waals surface area contributed by atoms with Gasteiger partial charge in [-0.15, -0.1) is 5.60 Å². The summed E-state index contributed by atoms with van der Waals surface area (Å²) in [5.41, 5.74) is 4.05. The summed E-state index contributed by atoms with van der Waals surface area (Å²) in [7, 11) is -1.11. The summed E-state index contributed by atoms with van der Waals surface area (Å²) in [4.78, 5) is 0. The van der Waals surface area contributed by atoms with Crippen LogP contribution in [-0.2, 0) is 16.5 Å². The van der Waals surface area contributed by atoms with Crippen LogP contribution in [0.5, 0.6) is 0 Å². The zero-order chi connectivity index (χ0) is 27.2. The minimum atomic E-state index is -1.11. The molecule has 0 aliphatic carbocycles. The third-order valence-electron chi connectivity index (χ3n) is 5.23. The van der Waals surface area contributed by atoms with Crippen molar-refractivity contribution in [2.75, 3.05) is 0 Å². The van der Waals surface area contributed by atoms with Crippen LogP contribution >= 0.6 is 8.07 Å². The van der Waals surface area contributed by atoms with Crippen molar-refractivity contribution >= 4 is 19.6 Å². The Bertz CT molecular complexity index is 903. The van der Waals surface area contributed by atoms with Crippen molar-refractivity contribution in [3.05, 3.63) is 70.5 Å². The van der Waals surface area contributed by atoms with E-state index in [2.05, 4.69) is 118 Å². The first-order valence-corrected chi connectivity index (χ1v) is 14.3. The average Bonchev–Trinajstić information content (AvgIpc) is 2.68. The summed E-state index contributed by atoms with van der Waals surface area (Å²) in [5, 5.41) is 15.7. The molecule has 2 aromatic carbocycles. The molecule has 0 aliphatic rings. The molecule has 5 heteroatoms. The molecule has 0 fully saturated rings. The third-order valence-corrected chi connectivity index (χ3v) is 8.51. The van der Waals surface area contributed by atoms with Crippen molar-refractivity contribution in [3.8, 4) is 0 Å². The Labute approximate surface area is 233 Å². The van der Waals surface area contributed by atoms with Crippen molar-refractivity contribution in [2.45, 2.75) is 118 Å². The minimum absolute atomic E-state index is 0. The first kappa shape index (κ1) is 34.8. The first-order valence-electron chi connectivity index (χ1n) is 12.9. The number of para-hydroxylation sites is 1. The van der Waals surface area contributed by atoms with Gasteiger partial charge in [-0.2, -0.15) is 0 Å². The van der Waals surface area contributed by atoms with Crippen LogP contribution in [0, 0.1) is 0 Å². The molecule has 3 nitrogen and oxygen atoms in total. The second-order valence-electron chi connectivity index (χ2n) is 13.0. The maximum atomic E-state index is 10.1. The van der Waals surface area contributed by atoms with Crippen molar-refractivity contribution in [2.24, 2.45) is 4.76 Å². The van der Waals surface area contributed by atoms with Crippen LogP contribution in [0.15, 0.2) is 53.3 Å². The predicted octanol–water partition coefficient (Wildman–Crippen LogP) is 9.25. The molecule has 0 atom stereocenters. The Morgan fingerprint density at radius 3 is 1.44 bits per heavy atom. The van der Waals surface area contributed by atoms with Crippen LogP contribution < -0.4 is 5.11 Å². The second-order valence-corrected chi connectivity index (χ2v) is 16.9. The van der Waals surface area contributed by atoms with E-state index in [0.29, 0.717) is 11.8 Å². The SMILES string of the molecule is CC(C)(C)[O-].CC(C)c1cccc(C(C)C)c1[N-]/C(=N\[PH+](C(C)(C)C)C(C)(C)C)c1ccccc1.[Ni+2]. The van der Waals surface area contributed by atoms with Gasteiger partial charge in [0, 0.05) is 8.07 Å². The Morgan fingerprint density at radius 2 is 1.11 bits per heavy atom. The molecule has 0 saturated heterocycles. The molecule has 0 saturated carbocycles. The molecule has 204 valence electrons. The van der Waals surface area contributed by atoms with E-state index in [1.54, 1.807) is 20.8 Å². The van der Waals surface area contributed by atoms with Gasteiger partial charge in [-0.25, -0.2) is 0 Å². The summed E-state index contributed by atoms with van der Waals surface area (Å²) in [5.74, 6) is 1.70. The number of rotatable bonds is 5. The van der Waals surface area contributed by atoms with Crippen LogP contribution in [0.3, 0.4) is 0 Å². The fourth-order valence-corrected chi connectivity index (χ4v) is 7.37. The molecule has 36 heavy (non-hydrogen) atoms. The summed E-state index contributed by atoms with van der Waals surface area (Å²) in [6, 6.07) is 17.1. The number of hydrogen-bond acceptors (Lipinski definition) is 2. The molecule has 0 bridgehead atoms. The van der Waals surface area contributed by atoms with Crippen LogP contribution in [0.25, 0.3) is 5.32 Å². The van der Waals surface area contributed by atoms with Gasteiger partial charge in [0.15, 0.2) is 0 Å². The van der Waals surface area contributed by atoms with E-state index < -0.39 is 13.7 Å². The van der Waals surface area contributed by atoms with Gasteiger partial charge >= 0.3 is 16.5 Å². The molecule has 0 unspecified atom stereocenters. The molecule has 0 amide bonds. The number of benzene rings is 2. The zero-order valence-electron chi connectivity index (χ0n) is 24.9. The van der Waals surface area contributed by atoms with Crippen LogP contribution in [-0.4, -0.2) is 21.7 Å². The van der Waals surface area contributed by atoms with Gasteiger partial charge in [0.05, 0.1) is 10.3 Å². The third kappa shape index (κ3) is 11.9. The van der Waals surface area contributed by atoms with Crippen LogP contribution in [0.2, 0.25) is 0 Å². The second kappa shape index (κ2) is 14.1. The topological polar surface area (TPSA) is 49.5 Å². The molecule has 2 aromatic rings. The zero-order valence-corrected chi connectivity index (χ0v) is 26.9. The van der Waals surface area contributed by atoms with Crippen molar-refractivity contribution in [3.63, 3.8) is 0 Å². The van der Waals surface area contributed by atoms with Gasteiger partial charge in [0.2, 0.25) is 0 Å². The first-order chi connectivity index (χ1) is 15.8. The van der Waals surface area contributed by atoms with E-state index in [-0.39, 0.29) is 26.8 Å². The van der Waals surface area contributed by atoms with E-state index in [9.17, 15) is 5.11 Å². The number of nitrogens with zero attached hydrogens (tertiary/aromatic N) is 2. The monoisotopic (exact) mass is 555 g/mol. The quantitative estimate of drug-likeness (QED) is 0.157. The van der Waals surface area contributed by atoms with Gasteiger partial charge in [0.1, 0.15) is 0 Å². The Balaban J connectivity index is 0.00000185. The van der Waals surface area contributed by atoms with E-state index in [4.69, 9.17) is 10.1 Å². The minimum Gasteiger partial charge on any atom is -0.850 e. The normalized spacial score (nSPS) is 12.9. The molecule has 0 aromatic heterocycles. The summed E-state index contributed by atoms with van der Waals surface area (Å²) in [6.45, 7) is 27.8. The fourth-order valence-electron chi connectivity index (χ4n) is 4.05. The van der Waals surface area contributed by atoms with E-state index in [1.807, 2.05) is 0 Å². The van der Waals surface area contributed by atoms with Crippen molar-refractivity contribution in [1.29, 1.82) is 0 Å². The maximum absolute atomic E-state index is 10.1. The van der Waals surface area contributed by atoms with Crippen molar-refractivity contribution in [1.82, 2.24) is 0 Å². The smallest absolute Gasteiger partial charge is 0.850 e. The van der Waals surface area contributed by atoms with Crippen LogP contribution in [0.1, 0.15) is 119 Å². The Kier molecular flexibility index (Phi) is 13.6. The molecular formula is C31H50N2NiOP+. The Morgan fingerprint density at radius 1 is 0.722 bits per heavy atom. The maximum Gasteiger partial charge on any atom is 2.00 e. The van der Waals surface area contributed by atoms with Gasteiger partial charge in [0.25, 0.3) is 0 Å². The average molecular weight is 556 g/mol. The standard InChI is InChI=1S/C27H40N2P.C4H9O.Ni/c1-19(2)22-17-14-18-23(20(3)4)24(22)28-25(21-15-12-11-13-16-21)29-30(26(5,6)7)27(8,9)10;1-4(2,3)5;/h11-20H,1-10H3;1-3H3;/q2*-1;+2/p+1.